The number of rotatable bonds is 5. The number of nitrogens with zero attached hydrogens (tertiary/aromatic N) is 2. The molecule has 1 saturated heterocycles. The van der Waals surface area contributed by atoms with Crippen LogP contribution in [-0.2, 0) is 4.79 Å². The van der Waals surface area contributed by atoms with Crippen molar-refractivity contribution in [3.05, 3.63) is 35.9 Å². The van der Waals surface area contributed by atoms with Crippen molar-refractivity contribution in [2.75, 3.05) is 13.1 Å². The molecule has 1 aliphatic rings. The Labute approximate surface area is 120 Å². The number of piperidine rings is 1. The maximum atomic E-state index is 11.0. The smallest absolute Gasteiger partial charge is 0.217 e. The second-order valence-corrected chi connectivity index (χ2v) is 5.44. The minimum atomic E-state index is -0.208. The van der Waals surface area contributed by atoms with Crippen molar-refractivity contribution in [1.29, 1.82) is 5.26 Å². The third kappa shape index (κ3) is 3.82. The molecule has 4 nitrogen and oxygen atoms in total. The van der Waals surface area contributed by atoms with E-state index in [1.165, 1.54) is 5.56 Å². The summed E-state index contributed by atoms with van der Waals surface area (Å²) in [5.41, 5.74) is 6.46. The lowest BCUT2D eigenvalue weighted by Gasteiger charge is -2.36. The van der Waals surface area contributed by atoms with Crippen LogP contribution in [-0.4, -0.2) is 23.9 Å². The number of carbonyl (C=O) groups excluding carboxylic acids is 1. The van der Waals surface area contributed by atoms with Gasteiger partial charge in [-0.1, -0.05) is 30.3 Å². The van der Waals surface area contributed by atoms with E-state index in [1.807, 2.05) is 18.2 Å². The molecular formula is C16H21N3O. The highest BCUT2D eigenvalue weighted by atomic mass is 16.1. The second-order valence-electron chi connectivity index (χ2n) is 5.44. The molecule has 1 heterocycles. The molecule has 0 spiro atoms. The van der Waals surface area contributed by atoms with Crippen LogP contribution in [0, 0.1) is 17.2 Å². The summed E-state index contributed by atoms with van der Waals surface area (Å²) in [4.78, 5) is 13.3. The van der Waals surface area contributed by atoms with Crippen LogP contribution in [0.15, 0.2) is 30.3 Å². The zero-order valence-electron chi connectivity index (χ0n) is 11.7. The van der Waals surface area contributed by atoms with Gasteiger partial charge in [0.25, 0.3) is 0 Å². The number of benzene rings is 1. The van der Waals surface area contributed by atoms with Crippen LogP contribution in [0.1, 0.15) is 37.3 Å². The summed E-state index contributed by atoms with van der Waals surface area (Å²) in [6, 6.07) is 12.6. The molecule has 106 valence electrons. The second kappa shape index (κ2) is 7.06. The molecule has 1 unspecified atom stereocenters. The van der Waals surface area contributed by atoms with Gasteiger partial charge in [0.15, 0.2) is 0 Å². The minimum absolute atomic E-state index is 0.163. The van der Waals surface area contributed by atoms with E-state index in [2.05, 4.69) is 23.1 Å². The molecule has 1 atom stereocenters. The quantitative estimate of drug-likeness (QED) is 0.892. The van der Waals surface area contributed by atoms with Gasteiger partial charge in [0.1, 0.15) is 0 Å². The SMILES string of the molecule is N#CCC(c1ccccc1)N1CCC(CC(N)=O)CC1. The zero-order valence-corrected chi connectivity index (χ0v) is 11.7. The molecule has 2 rings (SSSR count). The zero-order chi connectivity index (χ0) is 14.4. The topological polar surface area (TPSA) is 70.1 Å². The van der Waals surface area contributed by atoms with Crippen LogP contribution in [0.2, 0.25) is 0 Å². The van der Waals surface area contributed by atoms with Gasteiger partial charge in [-0.3, -0.25) is 9.69 Å². The Morgan fingerprint density at radius 1 is 1.35 bits per heavy atom. The third-order valence-electron chi connectivity index (χ3n) is 4.05. The highest BCUT2D eigenvalue weighted by Gasteiger charge is 2.26. The molecule has 0 aliphatic carbocycles. The highest BCUT2D eigenvalue weighted by Crippen LogP contribution is 2.30. The number of hydrogen-bond donors (Lipinski definition) is 1. The standard InChI is InChI=1S/C16H21N3O/c17-9-6-15(14-4-2-1-3-5-14)19-10-7-13(8-11-19)12-16(18)20/h1-5,13,15H,6-8,10-12H2,(H2,18,20). The summed E-state index contributed by atoms with van der Waals surface area (Å²) in [6.45, 7) is 1.86. The Bertz CT molecular complexity index is 472. The van der Waals surface area contributed by atoms with E-state index in [0.717, 1.165) is 25.9 Å². The van der Waals surface area contributed by atoms with Crippen molar-refractivity contribution >= 4 is 5.91 Å². The fourth-order valence-corrected chi connectivity index (χ4v) is 2.97. The number of amides is 1. The molecule has 0 radical (unpaired) electrons. The Balaban J connectivity index is 1.99. The predicted octanol–water partition coefficient (Wildman–Crippen LogP) is 2.23. The molecule has 0 bridgehead atoms. The van der Waals surface area contributed by atoms with Gasteiger partial charge in [-0.25, -0.2) is 0 Å². The normalized spacial score (nSPS) is 18.4. The first kappa shape index (κ1) is 14.5. The van der Waals surface area contributed by atoms with Crippen LogP contribution in [0.25, 0.3) is 0 Å². The molecule has 2 N–H and O–H groups in total. The van der Waals surface area contributed by atoms with E-state index in [9.17, 15) is 4.79 Å². The van der Waals surface area contributed by atoms with E-state index in [-0.39, 0.29) is 11.9 Å². The van der Waals surface area contributed by atoms with E-state index in [1.54, 1.807) is 0 Å². The first-order chi connectivity index (χ1) is 9.70. The van der Waals surface area contributed by atoms with Crippen molar-refractivity contribution in [2.24, 2.45) is 11.7 Å². The Kier molecular flexibility index (Phi) is 5.14. The van der Waals surface area contributed by atoms with Crippen LogP contribution in [0.3, 0.4) is 0 Å². The van der Waals surface area contributed by atoms with Gasteiger partial charge < -0.3 is 5.73 Å². The summed E-state index contributed by atoms with van der Waals surface area (Å²) in [6.07, 6.45) is 2.96. The highest BCUT2D eigenvalue weighted by molar-refractivity contribution is 5.73. The van der Waals surface area contributed by atoms with Crippen molar-refractivity contribution < 1.29 is 4.79 Å². The van der Waals surface area contributed by atoms with Crippen LogP contribution in [0.4, 0.5) is 0 Å². The molecule has 0 aromatic heterocycles. The van der Waals surface area contributed by atoms with Gasteiger partial charge in [-0.15, -0.1) is 0 Å². The van der Waals surface area contributed by atoms with Crippen LogP contribution < -0.4 is 5.73 Å². The van der Waals surface area contributed by atoms with Crippen molar-refractivity contribution in [3.8, 4) is 6.07 Å². The first-order valence-corrected chi connectivity index (χ1v) is 7.15. The fourth-order valence-electron chi connectivity index (χ4n) is 2.97. The minimum Gasteiger partial charge on any atom is -0.370 e. The lowest BCUT2D eigenvalue weighted by molar-refractivity contribution is -0.119. The van der Waals surface area contributed by atoms with Gasteiger partial charge >= 0.3 is 0 Å². The number of primary amides is 1. The number of carbonyl (C=O) groups is 1. The molecule has 1 aromatic rings. The Morgan fingerprint density at radius 3 is 2.55 bits per heavy atom. The lowest BCUT2D eigenvalue weighted by atomic mass is 9.91. The molecular weight excluding hydrogens is 250 g/mol. The Morgan fingerprint density at radius 2 is 2.00 bits per heavy atom. The first-order valence-electron chi connectivity index (χ1n) is 7.15. The lowest BCUT2D eigenvalue weighted by Crippen LogP contribution is -2.37. The number of nitrogens with two attached hydrogens (primary N) is 1. The van der Waals surface area contributed by atoms with Gasteiger partial charge in [-0.2, -0.15) is 5.26 Å². The van der Waals surface area contributed by atoms with Crippen LogP contribution >= 0.6 is 0 Å². The molecule has 4 heteroatoms. The number of nitriles is 1. The average Bonchev–Trinajstić information content (AvgIpc) is 2.46. The molecule has 1 aliphatic heterocycles. The van der Waals surface area contributed by atoms with Gasteiger partial charge in [0.2, 0.25) is 5.91 Å². The third-order valence-corrected chi connectivity index (χ3v) is 4.05. The van der Waals surface area contributed by atoms with Crippen molar-refractivity contribution in [2.45, 2.75) is 31.7 Å². The average molecular weight is 271 g/mol. The molecule has 1 aromatic carbocycles. The van der Waals surface area contributed by atoms with Gasteiger partial charge in [0, 0.05) is 12.5 Å². The fraction of sp³-hybridized carbons (Fsp3) is 0.500. The van der Waals surface area contributed by atoms with E-state index >= 15 is 0 Å². The van der Waals surface area contributed by atoms with Crippen LogP contribution in [0.5, 0.6) is 0 Å². The van der Waals surface area contributed by atoms with Gasteiger partial charge in [0.05, 0.1) is 12.5 Å². The monoisotopic (exact) mass is 271 g/mol. The summed E-state index contributed by atoms with van der Waals surface area (Å²) >= 11 is 0. The van der Waals surface area contributed by atoms with Gasteiger partial charge in [-0.05, 0) is 37.4 Å². The summed E-state index contributed by atoms with van der Waals surface area (Å²) < 4.78 is 0. The molecule has 1 fully saturated rings. The molecule has 1 amide bonds. The van der Waals surface area contributed by atoms with E-state index in [4.69, 9.17) is 11.0 Å². The summed E-state index contributed by atoms with van der Waals surface area (Å²) in [7, 11) is 0. The maximum absolute atomic E-state index is 11.0. The van der Waals surface area contributed by atoms with E-state index in [0.29, 0.717) is 18.8 Å². The van der Waals surface area contributed by atoms with E-state index < -0.39 is 0 Å². The summed E-state index contributed by atoms with van der Waals surface area (Å²) in [5.74, 6) is 0.197. The number of hydrogen-bond acceptors (Lipinski definition) is 3. The molecule has 20 heavy (non-hydrogen) atoms. The van der Waals surface area contributed by atoms with Crippen molar-refractivity contribution in [1.82, 2.24) is 4.90 Å². The summed E-state index contributed by atoms with van der Waals surface area (Å²) in [5, 5.41) is 9.06. The van der Waals surface area contributed by atoms with Crippen molar-refractivity contribution in [3.63, 3.8) is 0 Å². The predicted molar refractivity (Wildman–Crippen MR) is 77.5 cm³/mol. The number of likely N-dealkylation sites (tertiary alicyclic amines) is 1. The maximum Gasteiger partial charge on any atom is 0.217 e. The Hall–Kier alpha value is -1.86. The molecule has 0 saturated carbocycles. The largest absolute Gasteiger partial charge is 0.370 e.